The maximum absolute atomic E-state index is 12.4. The van der Waals surface area contributed by atoms with Crippen LogP contribution in [-0.2, 0) is 10.0 Å². The summed E-state index contributed by atoms with van der Waals surface area (Å²) in [7, 11) is -3.95. The predicted molar refractivity (Wildman–Crippen MR) is 84.4 cm³/mol. The van der Waals surface area contributed by atoms with E-state index in [9.17, 15) is 8.42 Å². The molecule has 0 fully saturated rings. The summed E-state index contributed by atoms with van der Waals surface area (Å²) < 4.78 is 27.1. The van der Waals surface area contributed by atoms with Gasteiger partial charge in [0, 0.05) is 16.8 Å². The summed E-state index contributed by atoms with van der Waals surface area (Å²) in [5.74, 6) is 0.365. The molecule has 0 saturated carbocycles. The second-order valence-electron chi connectivity index (χ2n) is 4.77. The largest absolute Gasteiger partial charge is 0.398 e. The van der Waals surface area contributed by atoms with Gasteiger partial charge in [0.2, 0.25) is 0 Å². The van der Waals surface area contributed by atoms with Crippen molar-refractivity contribution in [2.75, 3.05) is 10.5 Å². The number of hydrogen-bond donors (Lipinski definition) is 3. The molecule has 0 atom stereocenters. The van der Waals surface area contributed by atoms with Crippen LogP contribution in [0.5, 0.6) is 0 Å². The van der Waals surface area contributed by atoms with Crippen LogP contribution >= 0.6 is 23.2 Å². The molecule has 0 spiro atoms. The third-order valence-electron chi connectivity index (χ3n) is 2.76. The molecule has 0 aliphatic carbocycles. The molecule has 0 unspecified atom stereocenters. The van der Waals surface area contributed by atoms with Gasteiger partial charge in [0.25, 0.3) is 10.0 Å². The van der Waals surface area contributed by atoms with E-state index >= 15 is 0 Å². The van der Waals surface area contributed by atoms with Crippen LogP contribution in [-0.4, -0.2) is 18.6 Å². The number of sulfonamides is 1. The van der Waals surface area contributed by atoms with E-state index in [2.05, 4.69) is 14.9 Å². The van der Waals surface area contributed by atoms with Crippen molar-refractivity contribution < 1.29 is 8.42 Å². The number of aromatic nitrogens is 2. The first kappa shape index (κ1) is 15.9. The van der Waals surface area contributed by atoms with Crippen LogP contribution in [0.25, 0.3) is 0 Å². The fourth-order valence-corrected chi connectivity index (χ4v) is 3.72. The summed E-state index contributed by atoms with van der Waals surface area (Å²) in [6.45, 7) is 3.92. The van der Waals surface area contributed by atoms with E-state index in [1.54, 1.807) is 6.07 Å². The number of benzene rings is 1. The van der Waals surface area contributed by atoms with Crippen molar-refractivity contribution in [1.82, 2.24) is 10.2 Å². The fourth-order valence-electron chi connectivity index (χ4n) is 1.74. The van der Waals surface area contributed by atoms with Gasteiger partial charge in [0.05, 0.1) is 10.7 Å². The number of rotatable bonds is 4. The minimum Gasteiger partial charge on any atom is -0.398 e. The van der Waals surface area contributed by atoms with E-state index in [1.807, 2.05) is 13.8 Å². The van der Waals surface area contributed by atoms with Crippen molar-refractivity contribution in [2.24, 2.45) is 0 Å². The molecule has 2 aromatic rings. The Hall–Kier alpha value is -1.44. The topological polar surface area (TPSA) is 101 Å². The third-order valence-corrected chi connectivity index (χ3v) is 4.86. The summed E-state index contributed by atoms with van der Waals surface area (Å²) in [6, 6.07) is 4.26. The number of nitrogens with zero attached hydrogens (tertiary/aromatic N) is 1. The molecule has 0 bridgehead atoms. The zero-order valence-electron chi connectivity index (χ0n) is 11.3. The number of nitrogen functional groups attached to an aromatic ring is 1. The molecular weight excluding hydrogens is 335 g/mol. The van der Waals surface area contributed by atoms with Crippen molar-refractivity contribution >= 4 is 44.7 Å². The lowest BCUT2D eigenvalue weighted by molar-refractivity contribution is 0.601. The lowest BCUT2D eigenvalue weighted by Gasteiger charge is -2.10. The summed E-state index contributed by atoms with van der Waals surface area (Å²) in [5.41, 5.74) is 6.48. The summed E-state index contributed by atoms with van der Waals surface area (Å²) in [4.78, 5) is -0.220. The second kappa shape index (κ2) is 5.75. The Morgan fingerprint density at radius 3 is 2.48 bits per heavy atom. The quantitative estimate of drug-likeness (QED) is 0.738. The molecule has 0 aliphatic rings. The van der Waals surface area contributed by atoms with E-state index in [0.29, 0.717) is 0 Å². The van der Waals surface area contributed by atoms with Gasteiger partial charge in [0.15, 0.2) is 5.82 Å². The summed E-state index contributed by atoms with van der Waals surface area (Å²) >= 11 is 11.7. The first-order valence-corrected chi connectivity index (χ1v) is 8.27. The molecule has 4 N–H and O–H groups in total. The Morgan fingerprint density at radius 2 is 1.95 bits per heavy atom. The van der Waals surface area contributed by atoms with E-state index in [-0.39, 0.29) is 32.4 Å². The van der Waals surface area contributed by atoms with Crippen LogP contribution in [0.15, 0.2) is 23.1 Å². The number of nitrogens with one attached hydrogen (secondary N) is 2. The average molecular weight is 349 g/mol. The zero-order chi connectivity index (χ0) is 15.8. The summed E-state index contributed by atoms with van der Waals surface area (Å²) in [6.07, 6.45) is 0. The molecule has 1 aromatic heterocycles. The Kier molecular flexibility index (Phi) is 4.36. The number of anilines is 2. The first-order valence-electron chi connectivity index (χ1n) is 6.03. The van der Waals surface area contributed by atoms with E-state index in [1.165, 1.54) is 12.1 Å². The molecule has 1 heterocycles. The average Bonchev–Trinajstić information content (AvgIpc) is 2.74. The SMILES string of the molecule is CC(C)c1cc(NS(=O)(=O)c2c(N)cc(Cl)cc2Cl)n[nH]1. The molecule has 0 aliphatic heterocycles. The van der Waals surface area contributed by atoms with Crippen LogP contribution in [0, 0.1) is 0 Å². The third kappa shape index (κ3) is 3.42. The molecular formula is C12H14Cl2N4O2S. The monoisotopic (exact) mass is 348 g/mol. The molecule has 114 valence electrons. The Bertz CT molecular complexity index is 748. The molecule has 1 aromatic carbocycles. The van der Waals surface area contributed by atoms with Gasteiger partial charge in [-0.05, 0) is 18.1 Å². The first-order chi connectivity index (χ1) is 9.70. The normalized spacial score (nSPS) is 11.9. The van der Waals surface area contributed by atoms with Crippen molar-refractivity contribution in [3.8, 4) is 0 Å². The van der Waals surface area contributed by atoms with Crippen LogP contribution < -0.4 is 10.5 Å². The Morgan fingerprint density at radius 1 is 1.29 bits per heavy atom. The number of hydrogen-bond acceptors (Lipinski definition) is 4. The van der Waals surface area contributed by atoms with Gasteiger partial charge in [-0.2, -0.15) is 5.10 Å². The van der Waals surface area contributed by atoms with E-state index in [0.717, 1.165) is 5.69 Å². The fraction of sp³-hybridized carbons (Fsp3) is 0.250. The maximum atomic E-state index is 12.4. The van der Waals surface area contributed by atoms with Crippen molar-refractivity contribution in [3.63, 3.8) is 0 Å². The van der Waals surface area contributed by atoms with Gasteiger partial charge in [-0.15, -0.1) is 0 Å². The number of aromatic amines is 1. The molecule has 0 amide bonds. The van der Waals surface area contributed by atoms with Crippen molar-refractivity contribution in [3.05, 3.63) is 33.9 Å². The van der Waals surface area contributed by atoms with Gasteiger partial charge < -0.3 is 5.73 Å². The molecule has 21 heavy (non-hydrogen) atoms. The molecule has 9 heteroatoms. The van der Waals surface area contributed by atoms with Gasteiger partial charge in [0.1, 0.15) is 4.90 Å². The minimum absolute atomic E-state index is 0.0281. The van der Waals surface area contributed by atoms with Crippen LogP contribution in [0.4, 0.5) is 11.5 Å². The maximum Gasteiger partial charge on any atom is 0.266 e. The molecule has 0 saturated heterocycles. The summed E-state index contributed by atoms with van der Waals surface area (Å²) in [5, 5.41) is 6.87. The van der Waals surface area contributed by atoms with Gasteiger partial charge in [-0.25, -0.2) is 8.42 Å². The highest BCUT2D eigenvalue weighted by Gasteiger charge is 2.23. The van der Waals surface area contributed by atoms with Gasteiger partial charge in [-0.3, -0.25) is 9.82 Å². The lowest BCUT2D eigenvalue weighted by Crippen LogP contribution is -2.15. The Balaban J connectivity index is 2.38. The number of nitrogens with two attached hydrogens (primary N) is 1. The number of halogens is 2. The van der Waals surface area contributed by atoms with Gasteiger partial charge in [-0.1, -0.05) is 37.0 Å². The Labute approximate surface area is 132 Å². The van der Waals surface area contributed by atoms with Crippen molar-refractivity contribution in [2.45, 2.75) is 24.7 Å². The van der Waals surface area contributed by atoms with E-state index in [4.69, 9.17) is 28.9 Å². The minimum atomic E-state index is -3.95. The highest BCUT2D eigenvalue weighted by atomic mass is 35.5. The van der Waals surface area contributed by atoms with Crippen molar-refractivity contribution in [1.29, 1.82) is 0 Å². The molecule has 2 rings (SSSR count). The van der Waals surface area contributed by atoms with E-state index < -0.39 is 10.0 Å². The predicted octanol–water partition coefficient (Wildman–Crippen LogP) is 3.22. The van der Waals surface area contributed by atoms with Gasteiger partial charge >= 0.3 is 0 Å². The zero-order valence-corrected chi connectivity index (χ0v) is 13.6. The standard InChI is InChI=1S/C12H14Cl2N4O2S/c1-6(2)10-5-11(17-16-10)18-21(19,20)12-8(14)3-7(13)4-9(12)15/h3-6H,15H2,1-2H3,(H2,16,17,18). The number of H-pyrrole nitrogens is 1. The second-order valence-corrected chi connectivity index (χ2v) is 7.24. The van der Waals surface area contributed by atoms with Crippen LogP contribution in [0.1, 0.15) is 25.5 Å². The molecule has 6 nitrogen and oxygen atoms in total. The highest BCUT2D eigenvalue weighted by Crippen LogP contribution is 2.32. The smallest absolute Gasteiger partial charge is 0.266 e. The lowest BCUT2D eigenvalue weighted by atomic mass is 10.1. The van der Waals surface area contributed by atoms with Crippen LogP contribution in [0.2, 0.25) is 10.0 Å². The molecule has 0 radical (unpaired) electrons. The highest BCUT2D eigenvalue weighted by molar-refractivity contribution is 7.93. The van der Waals surface area contributed by atoms with Crippen LogP contribution in [0.3, 0.4) is 0 Å².